The van der Waals surface area contributed by atoms with Crippen LogP contribution in [0.1, 0.15) is 41.2 Å². The smallest absolute Gasteiger partial charge is 0.341 e. The first-order valence-electron chi connectivity index (χ1n) is 10.3. The zero-order chi connectivity index (χ0) is 22.4. The number of hydrogen-bond donors (Lipinski definition) is 3. The van der Waals surface area contributed by atoms with Crippen LogP contribution in [-0.4, -0.2) is 46.6 Å². The number of hydrogen-bond acceptors (Lipinski definition) is 5. The molecule has 1 aliphatic heterocycles. The van der Waals surface area contributed by atoms with Gasteiger partial charge in [0, 0.05) is 37.2 Å². The molecule has 0 amide bonds. The number of benzene rings is 1. The summed E-state index contributed by atoms with van der Waals surface area (Å²) in [6, 6.07) is -0.670. The number of nitrogens with zero attached hydrogens (tertiary/aromatic N) is 2. The van der Waals surface area contributed by atoms with Crippen molar-refractivity contribution in [1.82, 2.24) is 4.57 Å². The van der Waals surface area contributed by atoms with E-state index < -0.39 is 58.3 Å². The highest BCUT2D eigenvalue weighted by Crippen LogP contribution is 2.48. The Morgan fingerprint density at radius 2 is 1.90 bits per heavy atom. The van der Waals surface area contributed by atoms with Crippen LogP contribution in [0.2, 0.25) is 0 Å². The van der Waals surface area contributed by atoms with E-state index in [2.05, 4.69) is 0 Å². The highest BCUT2D eigenvalue weighted by Gasteiger charge is 2.53. The lowest BCUT2D eigenvalue weighted by molar-refractivity contribution is 0.0694. The fourth-order valence-electron chi connectivity index (χ4n) is 5.01. The molecule has 0 spiro atoms. The quantitative estimate of drug-likeness (QED) is 0.634. The van der Waals surface area contributed by atoms with Crippen LogP contribution in [0.15, 0.2) is 11.0 Å². The molecule has 3 fully saturated rings. The average Bonchev–Trinajstić information content (AvgIpc) is 3.58. The van der Waals surface area contributed by atoms with Crippen LogP contribution in [0.3, 0.4) is 0 Å². The summed E-state index contributed by atoms with van der Waals surface area (Å²) in [5, 5.41) is 9.12. The largest absolute Gasteiger partial charge is 0.477 e. The maximum Gasteiger partial charge on any atom is 0.341 e. The van der Waals surface area contributed by atoms with Gasteiger partial charge in [-0.1, -0.05) is 0 Å². The number of alkyl halides is 2. The minimum atomic E-state index is -1.50. The lowest BCUT2D eigenvalue weighted by Gasteiger charge is -2.26. The predicted octanol–water partition coefficient (Wildman–Crippen LogP) is 2.28. The zero-order valence-corrected chi connectivity index (χ0v) is 16.9. The molecule has 4 atom stereocenters. The highest BCUT2D eigenvalue weighted by molar-refractivity contribution is 6.01. The van der Waals surface area contributed by atoms with Crippen LogP contribution >= 0.6 is 0 Å². The SMILES string of the molecule is Cc1c(N2C[C@@H](F)[C@@H](C3(N)CC3)C2)c(F)c(N)c2c(=O)c(C(=O)O)cn([C@@H]3C[C@@H]3F)c12. The van der Waals surface area contributed by atoms with Crippen molar-refractivity contribution in [3.8, 4) is 0 Å². The number of carbonyl (C=O) groups is 1. The number of aromatic carboxylic acids is 1. The van der Waals surface area contributed by atoms with Gasteiger partial charge in [-0.15, -0.1) is 0 Å². The third kappa shape index (κ3) is 2.84. The van der Waals surface area contributed by atoms with Crippen molar-refractivity contribution >= 4 is 28.2 Å². The maximum absolute atomic E-state index is 15.5. The van der Waals surface area contributed by atoms with Gasteiger partial charge < -0.3 is 26.0 Å². The Morgan fingerprint density at radius 3 is 2.45 bits per heavy atom. The molecule has 5 rings (SSSR count). The lowest BCUT2D eigenvalue weighted by atomic mass is 9.96. The van der Waals surface area contributed by atoms with Gasteiger partial charge in [-0.05, 0) is 25.3 Å². The summed E-state index contributed by atoms with van der Waals surface area (Å²) in [4.78, 5) is 25.9. The standard InChI is InChI=1S/C21H23F3N4O3/c1-8-17-14(19(29)9(20(30)31)5-28(17)13-4-11(13)22)16(25)15(24)18(8)27-6-10(12(23)7-27)21(26)2-3-21/h5,10-13H,2-4,6-7,25-26H2,1H3,(H,30,31)/t10-,11-,12+,13+/m0/s1. The Kier molecular flexibility index (Phi) is 4.15. The monoisotopic (exact) mass is 436 g/mol. The average molecular weight is 436 g/mol. The van der Waals surface area contributed by atoms with Crippen molar-refractivity contribution in [2.45, 2.75) is 50.1 Å². The molecule has 7 nitrogen and oxygen atoms in total. The first-order valence-corrected chi connectivity index (χ1v) is 10.3. The fraction of sp³-hybridized carbons (Fsp3) is 0.524. The van der Waals surface area contributed by atoms with E-state index in [-0.39, 0.29) is 36.1 Å². The summed E-state index contributed by atoms with van der Waals surface area (Å²) >= 11 is 0. The van der Waals surface area contributed by atoms with E-state index >= 15 is 4.39 Å². The van der Waals surface area contributed by atoms with Crippen LogP contribution < -0.4 is 21.8 Å². The number of pyridine rings is 1. The Bertz CT molecular complexity index is 1190. The number of carboxylic acids is 1. The zero-order valence-electron chi connectivity index (χ0n) is 16.9. The summed E-state index contributed by atoms with van der Waals surface area (Å²) in [5.74, 6) is -2.85. The number of halogens is 3. The van der Waals surface area contributed by atoms with Crippen LogP contribution in [0.25, 0.3) is 10.9 Å². The second kappa shape index (κ2) is 6.38. The van der Waals surface area contributed by atoms with Gasteiger partial charge in [0.2, 0.25) is 5.43 Å². The predicted molar refractivity (Wildman–Crippen MR) is 110 cm³/mol. The molecule has 166 valence electrons. The second-order valence-electron chi connectivity index (χ2n) is 9.09. The number of carboxylic acid groups (broad SMARTS) is 1. The van der Waals surface area contributed by atoms with Crippen molar-refractivity contribution in [2.75, 3.05) is 23.7 Å². The molecule has 2 saturated carbocycles. The van der Waals surface area contributed by atoms with Crippen molar-refractivity contribution in [2.24, 2.45) is 11.7 Å². The van der Waals surface area contributed by atoms with Crippen molar-refractivity contribution in [3.63, 3.8) is 0 Å². The van der Waals surface area contributed by atoms with E-state index in [1.165, 1.54) is 4.57 Å². The number of aryl methyl sites for hydroxylation is 1. The Balaban J connectivity index is 1.74. The number of nitrogens with two attached hydrogens (primary N) is 2. The molecule has 0 radical (unpaired) electrons. The van der Waals surface area contributed by atoms with E-state index in [1.54, 1.807) is 11.8 Å². The fourth-order valence-corrected chi connectivity index (χ4v) is 5.01. The van der Waals surface area contributed by atoms with Gasteiger partial charge in [0.25, 0.3) is 0 Å². The lowest BCUT2D eigenvalue weighted by Crippen LogP contribution is -2.38. The second-order valence-corrected chi connectivity index (χ2v) is 9.09. The highest BCUT2D eigenvalue weighted by atomic mass is 19.1. The molecule has 1 saturated heterocycles. The Hall–Kier alpha value is -2.75. The summed E-state index contributed by atoms with van der Waals surface area (Å²) in [6.45, 7) is 1.69. The maximum atomic E-state index is 15.5. The summed E-state index contributed by atoms with van der Waals surface area (Å²) in [6.07, 6.45) is 0.222. The van der Waals surface area contributed by atoms with Gasteiger partial charge in [0.05, 0.1) is 28.3 Å². The Morgan fingerprint density at radius 1 is 1.26 bits per heavy atom. The van der Waals surface area contributed by atoms with Gasteiger partial charge in [-0.25, -0.2) is 18.0 Å². The van der Waals surface area contributed by atoms with Crippen LogP contribution in [0.4, 0.5) is 24.5 Å². The molecular formula is C21H23F3N4O3. The van der Waals surface area contributed by atoms with E-state index in [1.807, 2.05) is 0 Å². The number of fused-ring (bicyclic) bond motifs is 1. The molecule has 2 aliphatic carbocycles. The molecule has 2 heterocycles. The van der Waals surface area contributed by atoms with Crippen LogP contribution in [0.5, 0.6) is 0 Å². The molecular weight excluding hydrogens is 413 g/mol. The molecule has 1 aromatic heterocycles. The number of anilines is 2. The molecule has 5 N–H and O–H groups in total. The third-order valence-corrected chi connectivity index (χ3v) is 7.06. The van der Waals surface area contributed by atoms with E-state index in [0.29, 0.717) is 18.4 Å². The van der Waals surface area contributed by atoms with E-state index in [0.717, 1.165) is 6.20 Å². The third-order valence-electron chi connectivity index (χ3n) is 7.06. The first kappa shape index (κ1) is 20.2. The van der Waals surface area contributed by atoms with Crippen molar-refractivity contribution < 1.29 is 23.1 Å². The minimum absolute atomic E-state index is 0.0479. The topological polar surface area (TPSA) is 115 Å². The summed E-state index contributed by atoms with van der Waals surface area (Å²) in [7, 11) is 0. The molecule has 1 aromatic carbocycles. The van der Waals surface area contributed by atoms with Crippen LogP contribution in [-0.2, 0) is 0 Å². The number of aromatic nitrogens is 1. The van der Waals surface area contributed by atoms with E-state index in [9.17, 15) is 23.5 Å². The normalized spacial score (nSPS) is 28.9. The summed E-state index contributed by atoms with van der Waals surface area (Å²) in [5.41, 5.74) is 10.1. The van der Waals surface area contributed by atoms with E-state index in [4.69, 9.17) is 11.5 Å². The molecule has 3 aliphatic rings. The van der Waals surface area contributed by atoms with Gasteiger partial charge in [0.1, 0.15) is 17.9 Å². The molecule has 0 unspecified atom stereocenters. The number of nitrogen functional groups attached to an aromatic ring is 1. The van der Waals surface area contributed by atoms with Gasteiger partial charge in [-0.3, -0.25) is 4.79 Å². The number of rotatable bonds is 4. The van der Waals surface area contributed by atoms with Crippen molar-refractivity contribution in [1.29, 1.82) is 0 Å². The van der Waals surface area contributed by atoms with Gasteiger partial charge in [0.15, 0.2) is 5.82 Å². The molecule has 31 heavy (non-hydrogen) atoms. The van der Waals surface area contributed by atoms with Gasteiger partial charge >= 0.3 is 5.97 Å². The molecule has 0 bridgehead atoms. The molecule has 2 aromatic rings. The summed E-state index contributed by atoms with van der Waals surface area (Å²) < 4.78 is 45.5. The first-order chi connectivity index (χ1) is 14.5. The molecule has 10 heteroatoms. The van der Waals surface area contributed by atoms with Crippen molar-refractivity contribution in [3.05, 3.63) is 33.4 Å². The minimum Gasteiger partial charge on any atom is -0.477 e. The van der Waals surface area contributed by atoms with Gasteiger partial charge in [-0.2, -0.15) is 0 Å². The van der Waals surface area contributed by atoms with Crippen LogP contribution in [0, 0.1) is 18.7 Å². The Labute approximate surface area is 175 Å².